The van der Waals surface area contributed by atoms with E-state index in [4.69, 9.17) is 20.1 Å². The predicted molar refractivity (Wildman–Crippen MR) is 66.4 cm³/mol. The van der Waals surface area contributed by atoms with E-state index in [0.29, 0.717) is 12.8 Å². The Morgan fingerprint density at radius 2 is 1.47 bits per heavy atom. The second kappa shape index (κ2) is 5.88. The molecule has 0 saturated heterocycles. The highest BCUT2D eigenvalue weighted by Crippen LogP contribution is 2.46. The summed E-state index contributed by atoms with van der Waals surface area (Å²) in [5, 5.41) is 25.6. The SMILES string of the molecule is CC(C)OC(=O)C1(CO)CC1.O=C(O)C1(CO)CC1. The molecule has 0 bridgehead atoms. The number of hydrogen-bond acceptors (Lipinski definition) is 5. The third-order valence-electron chi connectivity index (χ3n) is 3.54. The van der Waals surface area contributed by atoms with Crippen LogP contribution in [-0.2, 0) is 14.3 Å². The van der Waals surface area contributed by atoms with Crippen LogP contribution in [-0.4, -0.2) is 46.6 Å². The van der Waals surface area contributed by atoms with Crippen molar-refractivity contribution in [2.75, 3.05) is 13.2 Å². The number of hydrogen-bond donors (Lipinski definition) is 3. The van der Waals surface area contributed by atoms with Gasteiger partial charge in [0.1, 0.15) is 0 Å². The molecule has 6 nitrogen and oxygen atoms in total. The fourth-order valence-corrected chi connectivity index (χ4v) is 1.51. The van der Waals surface area contributed by atoms with Crippen molar-refractivity contribution in [3.8, 4) is 0 Å². The van der Waals surface area contributed by atoms with Crippen LogP contribution in [0.1, 0.15) is 39.5 Å². The molecule has 2 saturated carbocycles. The minimum Gasteiger partial charge on any atom is -0.481 e. The number of ether oxygens (including phenoxy) is 1. The van der Waals surface area contributed by atoms with E-state index in [1.807, 2.05) is 13.8 Å². The van der Waals surface area contributed by atoms with Crippen LogP contribution in [0.2, 0.25) is 0 Å². The maximum absolute atomic E-state index is 11.2. The molecule has 6 heteroatoms. The Balaban J connectivity index is 0.000000200. The second-order valence-corrected chi connectivity index (χ2v) is 5.64. The maximum Gasteiger partial charge on any atom is 0.314 e. The molecule has 19 heavy (non-hydrogen) atoms. The van der Waals surface area contributed by atoms with Crippen molar-refractivity contribution in [3.63, 3.8) is 0 Å². The monoisotopic (exact) mass is 274 g/mol. The first kappa shape index (κ1) is 15.9. The lowest BCUT2D eigenvalue weighted by Crippen LogP contribution is -2.25. The summed E-state index contributed by atoms with van der Waals surface area (Å²) in [7, 11) is 0. The third kappa shape index (κ3) is 3.91. The summed E-state index contributed by atoms with van der Waals surface area (Å²) in [6, 6.07) is 0. The minimum absolute atomic E-state index is 0.0709. The van der Waals surface area contributed by atoms with Gasteiger partial charge in [-0.1, -0.05) is 0 Å². The lowest BCUT2D eigenvalue weighted by Gasteiger charge is -2.13. The van der Waals surface area contributed by atoms with Gasteiger partial charge in [0.15, 0.2) is 0 Å². The van der Waals surface area contributed by atoms with E-state index >= 15 is 0 Å². The second-order valence-electron chi connectivity index (χ2n) is 5.64. The summed E-state index contributed by atoms with van der Waals surface area (Å²) < 4.78 is 4.97. The van der Waals surface area contributed by atoms with Crippen LogP contribution >= 0.6 is 0 Å². The Kier molecular flexibility index (Phi) is 4.92. The number of aliphatic hydroxyl groups excluding tert-OH is 2. The van der Waals surface area contributed by atoms with Crippen LogP contribution in [0.15, 0.2) is 0 Å². The van der Waals surface area contributed by atoms with Gasteiger partial charge in [-0.25, -0.2) is 0 Å². The van der Waals surface area contributed by atoms with Gasteiger partial charge in [-0.2, -0.15) is 0 Å². The normalized spacial score (nSPS) is 21.1. The van der Waals surface area contributed by atoms with Crippen molar-refractivity contribution in [1.82, 2.24) is 0 Å². The Morgan fingerprint density at radius 1 is 1.05 bits per heavy atom. The number of carbonyl (C=O) groups excluding carboxylic acids is 1. The summed E-state index contributed by atoms with van der Waals surface area (Å²) in [5.74, 6) is -1.10. The minimum atomic E-state index is -0.861. The van der Waals surface area contributed by atoms with Gasteiger partial charge in [-0.05, 0) is 39.5 Å². The van der Waals surface area contributed by atoms with Crippen LogP contribution < -0.4 is 0 Å². The predicted octanol–water partition coefficient (Wildman–Crippen LogP) is 0.554. The molecule has 2 aliphatic carbocycles. The lowest BCUT2D eigenvalue weighted by molar-refractivity contribution is -0.155. The van der Waals surface area contributed by atoms with Gasteiger partial charge in [-0.15, -0.1) is 0 Å². The number of carboxylic acid groups (broad SMARTS) is 1. The van der Waals surface area contributed by atoms with Crippen molar-refractivity contribution in [2.24, 2.45) is 10.8 Å². The molecule has 0 amide bonds. The first-order valence-corrected chi connectivity index (χ1v) is 6.48. The molecule has 0 atom stereocenters. The molecule has 0 spiro atoms. The first-order valence-electron chi connectivity index (χ1n) is 6.48. The van der Waals surface area contributed by atoms with Crippen molar-refractivity contribution >= 4 is 11.9 Å². The standard InChI is InChI=1S/C8H14O3.C5H8O3/c1-6(2)11-7(10)8(5-9)3-4-8;6-3-5(1-2-5)4(7)8/h6,9H,3-5H2,1-2H3;6H,1-3H2,(H,7,8). The number of carboxylic acids is 1. The number of aliphatic carboxylic acids is 1. The number of esters is 1. The topological polar surface area (TPSA) is 104 Å². The van der Waals surface area contributed by atoms with Gasteiger partial charge in [0.25, 0.3) is 0 Å². The van der Waals surface area contributed by atoms with Gasteiger partial charge >= 0.3 is 11.9 Å². The van der Waals surface area contributed by atoms with Crippen LogP contribution in [0.25, 0.3) is 0 Å². The van der Waals surface area contributed by atoms with Gasteiger partial charge in [-0.3, -0.25) is 9.59 Å². The largest absolute Gasteiger partial charge is 0.481 e. The average molecular weight is 274 g/mol. The van der Waals surface area contributed by atoms with E-state index in [9.17, 15) is 9.59 Å². The number of aliphatic hydroxyl groups is 2. The molecule has 0 aromatic heterocycles. The summed E-state index contributed by atoms with van der Waals surface area (Å²) in [5.41, 5.74) is -1.26. The van der Waals surface area contributed by atoms with Crippen molar-refractivity contribution < 1.29 is 29.6 Å². The van der Waals surface area contributed by atoms with Crippen LogP contribution in [0.5, 0.6) is 0 Å². The zero-order chi connectivity index (χ0) is 14.7. The maximum atomic E-state index is 11.2. The summed E-state index contributed by atoms with van der Waals surface area (Å²) in [4.78, 5) is 21.3. The lowest BCUT2D eigenvalue weighted by atomic mass is 10.1. The Labute approximate surface area is 112 Å². The third-order valence-corrected chi connectivity index (χ3v) is 3.54. The van der Waals surface area contributed by atoms with Gasteiger partial charge < -0.3 is 20.1 Å². The van der Waals surface area contributed by atoms with Crippen LogP contribution in [0, 0.1) is 10.8 Å². The van der Waals surface area contributed by atoms with Gasteiger partial charge in [0.05, 0.1) is 30.1 Å². The fourth-order valence-electron chi connectivity index (χ4n) is 1.51. The molecule has 3 N–H and O–H groups in total. The van der Waals surface area contributed by atoms with Crippen molar-refractivity contribution in [3.05, 3.63) is 0 Å². The molecule has 0 unspecified atom stereocenters. The highest BCUT2D eigenvalue weighted by atomic mass is 16.5. The van der Waals surface area contributed by atoms with Crippen molar-refractivity contribution in [2.45, 2.75) is 45.6 Å². The van der Waals surface area contributed by atoms with Gasteiger partial charge in [0, 0.05) is 0 Å². The molecular formula is C13H22O6. The molecule has 0 aliphatic heterocycles. The molecule has 2 rings (SSSR count). The molecule has 0 heterocycles. The van der Waals surface area contributed by atoms with Crippen LogP contribution in [0.3, 0.4) is 0 Å². The smallest absolute Gasteiger partial charge is 0.314 e. The number of rotatable bonds is 5. The molecule has 0 aromatic rings. The highest BCUT2D eigenvalue weighted by molar-refractivity contribution is 5.80. The van der Waals surface area contributed by atoms with Crippen LogP contribution in [0.4, 0.5) is 0 Å². The zero-order valence-corrected chi connectivity index (χ0v) is 11.4. The highest BCUT2D eigenvalue weighted by Gasteiger charge is 2.51. The van der Waals surface area contributed by atoms with Gasteiger partial charge in [0.2, 0.25) is 0 Å². The molecule has 110 valence electrons. The first-order chi connectivity index (χ1) is 8.82. The molecule has 2 aliphatic rings. The van der Waals surface area contributed by atoms with E-state index in [-0.39, 0.29) is 25.3 Å². The number of carbonyl (C=O) groups is 2. The fraction of sp³-hybridized carbons (Fsp3) is 0.846. The Bertz CT molecular complexity index is 341. The molecule has 0 radical (unpaired) electrons. The summed E-state index contributed by atoms with van der Waals surface area (Å²) in [6.45, 7) is 3.34. The zero-order valence-electron chi connectivity index (χ0n) is 11.4. The molecular weight excluding hydrogens is 252 g/mol. The Morgan fingerprint density at radius 3 is 1.63 bits per heavy atom. The summed E-state index contributed by atoms with van der Waals surface area (Å²) in [6.07, 6.45) is 2.74. The quantitative estimate of drug-likeness (QED) is 0.633. The summed E-state index contributed by atoms with van der Waals surface area (Å²) >= 11 is 0. The van der Waals surface area contributed by atoms with E-state index in [1.165, 1.54) is 0 Å². The van der Waals surface area contributed by atoms with E-state index < -0.39 is 16.8 Å². The van der Waals surface area contributed by atoms with E-state index in [2.05, 4.69) is 0 Å². The average Bonchev–Trinajstić information content (AvgIpc) is 3.23. The Hall–Kier alpha value is -1.14. The van der Waals surface area contributed by atoms with E-state index in [0.717, 1.165) is 12.8 Å². The van der Waals surface area contributed by atoms with Crippen molar-refractivity contribution in [1.29, 1.82) is 0 Å². The molecule has 2 fully saturated rings. The van der Waals surface area contributed by atoms with E-state index in [1.54, 1.807) is 0 Å². The molecule has 0 aromatic carbocycles.